The first kappa shape index (κ1) is 23.9. The number of hydrogen-bond acceptors (Lipinski definition) is 3. The molecule has 0 radical (unpaired) electrons. The second-order valence-corrected chi connectivity index (χ2v) is 9.55. The van der Waals surface area contributed by atoms with Crippen LogP contribution in [0.5, 0.6) is 0 Å². The molecule has 0 bridgehead atoms. The molecule has 1 saturated carbocycles. The Hall–Kier alpha value is -1.77. The lowest BCUT2D eigenvalue weighted by molar-refractivity contribution is 0.552. The Morgan fingerprint density at radius 2 is 1.29 bits per heavy atom. The smallest absolute Gasteiger partial charge is 0.0900 e. The molecule has 31 heavy (non-hydrogen) atoms. The first-order valence-electron chi connectivity index (χ1n) is 13.1. The predicted molar refractivity (Wildman–Crippen MR) is 131 cm³/mol. The van der Waals surface area contributed by atoms with Gasteiger partial charge in [-0.2, -0.15) is 0 Å². The van der Waals surface area contributed by atoms with Crippen molar-refractivity contribution in [2.75, 3.05) is 0 Å². The van der Waals surface area contributed by atoms with Crippen LogP contribution < -0.4 is 0 Å². The van der Waals surface area contributed by atoms with E-state index in [-0.39, 0.29) is 0 Å². The van der Waals surface area contributed by atoms with E-state index in [0.717, 1.165) is 35.7 Å². The molecule has 0 unspecified atom stereocenters. The zero-order valence-corrected chi connectivity index (χ0v) is 19.8. The lowest BCUT2D eigenvalue weighted by Crippen LogP contribution is -1.95. The van der Waals surface area contributed by atoms with Crippen LogP contribution in [0.15, 0.2) is 30.7 Å². The van der Waals surface area contributed by atoms with Gasteiger partial charge in [-0.1, -0.05) is 90.4 Å². The van der Waals surface area contributed by atoms with Crippen molar-refractivity contribution in [3.8, 4) is 11.3 Å². The van der Waals surface area contributed by atoms with Gasteiger partial charge < -0.3 is 0 Å². The van der Waals surface area contributed by atoms with E-state index in [4.69, 9.17) is 0 Å². The normalized spacial score (nSPS) is 13.6. The molecule has 0 atom stereocenters. The van der Waals surface area contributed by atoms with Gasteiger partial charge in [0, 0.05) is 23.7 Å². The third-order valence-corrected chi connectivity index (χ3v) is 6.60. The van der Waals surface area contributed by atoms with Crippen LogP contribution in [-0.4, -0.2) is 15.0 Å². The summed E-state index contributed by atoms with van der Waals surface area (Å²) < 4.78 is 0. The molecule has 170 valence electrons. The topological polar surface area (TPSA) is 38.7 Å². The molecule has 0 amide bonds. The predicted octanol–water partition coefficient (Wildman–Crippen LogP) is 8.12. The van der Waals surface area contributed by atoms with Gasteiger partial charge in [-0.05, 0) is 43.7 Å². The molecule has 0 aromatic carbocycles. The summed E-state index contributed by atoms with van der Waals surface area (Å²) in [4.78, 5) is 13.9. The molecule has 1 fully saturated rings. The van der Waals surface area contributed by atoms with Crippen LogP contribution in [0.4, 0.5) is 0 Å². The Balaban J connectivity index is 1.27. The molecule has 3 rings (SSSR count). The molecule has 2 heterocycles. The second-order valence-electron chi connectivity index (χ2n) is 9.55. The molecule has 0 saturated heterocycles. The number of aryl methyl sites for hydroxylation is 2. The van der Waals surface area contributed by atoms with E-state index in [1.54, 1.807) is 0 Å². The van der Waals surface area contributed by atoms with Crippen LogP contribution in [0, 0.1) is 5.92 Å². The highest BCUT2D eigenvalue weighted by Gasteiger charge is 2.19. The van der Waals surface area contributed by atoms with Crippen LogP contribution in [0.25, 0.3) is 11.3 Å². The monoisotopic (exact) mass is 421 g/mol. The van der Waals surface area contributed by atoms with E-state index in [9.17, 15) is 0 Å². The van der Waals surface area contributed by atoms with Crippen molar-refractivity contribution >= 4 is 0 Å². The quantitative estimate of drug-likeness (QED) is 0.242. The van der Waals surface area contributed by atoms with Crippen molar-refractivity contribution in [1.29, 1.82) is 0 Å². The van der Waals surface area contributed by atoms with Gasteiger partial charge in [-0.3, -0.25) is 15.0 Å². The van der Waals surface area contributed by atoms with Crippen molar-refractivity contribution in [3.63, 3.8) is 0 Å². The fourth-order valence-corrected chi connectivity index (χ4v) is 4.30. The minimum atomic E-state index is 0.928. The van der Waals surface area contributed by atoms with Crippen LogP contribution >= 0.6 is 0 Å². The van der Waals surface area contributed by atoms with Crippen molar-refractivity contribution in [2.24, 2.45) is 5.92 Å². The Morgan fingerprint density at radius 3 is 1.90 bits per heavy atom. The zero-order chi connectivity index (χ0) is 21.6. The van der Waals surface area contributed by atoms with Crippen LogP contribution in [0.3, 0.4) is 0 Å². The Morgan fingerprint density at radius 1 is 0.645 bits per heavy atom. The highest BCUT2D eigenvalue weighted by Crippen LogP contribution is 2.34. The zero-order valence-electron chi connectivity index (χ0n) is 19.8. The average molecular weight is 422 g/mol. The third-order valence-electron chi connectivity index (χ3n) is 6.60. The molecule has 0 aliphatic heterocycles. The lowest BCUT2D eigenvalue weighted by Gasteiger charge is -2.05. The summed E-state index contributed by atoms with van der Waals surface area (Å²) in [6.07, 6.45) is 28.6. The van der Waals surface area contributed by atoms with Gasteiger partial charge in [0.1, 0.15) is 0 Å². The van der Waals surface area contributed by atoms with E-state index in [2.05, 4.69) is 34.0 Å². The molecule has 0 N–H and O–H groups in total. The van der Waals surface area contributed by atoms with Crippen molar-refractivity contribution in [2.45, 2.75) is 116 Å². The number of hydrogen-bond donors (Lipinski definition) is 0. The first-order valence-corrected chi connectivity index (χ1v) is 13.1. The summed E-state index contributed by atoms with van der Waals surface area (Å²) in [5.74, 6) is 1.10. The van der Waals surface area contributed by atoms with E-state index >= 15 is 0 Å². The number of rotatable bonds is 17. The maximum Gasteiger partial charge on any atom is 0.0900 e. The molecule has 2 aromatic rings. The van der Waals surface area contributed by atoms with Gasteiger partial charge >= 0.3 is 0 Å². The Kier molecular flexibility index (Phi) is 11.0. The lowest BCUT2D eigenvalue weighted by atomic mass is 10.1. The standard InChI is InChI=1S/C28H43N3/c1-2-3-4-8-12-15-26-20-19-25(21-29-26)28-23-30-27(22-31-28)16-13-10-7-5-6-9-11-14-24-17-18-24/h19-24H,2-18H2,1H3. The van der Waals surface area contributed by atoms with Crippen molar-refractivity contribution in [3.05, 3.63) is 42.1 Å². The van der Waals surface area contributed by atoms with Crippen LogP contribution in [0.2, 0.25) is 0 Å². The van der Waals surface area contributed by atoms with Crippen LogP contribution in [-0.2, 0) is 12.8 Å². The molecule has 3 nitrogen and oxygen atoms in total. The fraction of sp³-hybridized carbons (Fsp3) is 0.679. The van der Waals surface area contributed by atoms with Crippen LogP contribution in [0.1, 0.15) is 115 Å². The molecule has 2 aromatic heterocycles. The van der Waals surface area contributed by atoms with Gasteiger partial charge in [-0.25, -0.2) is 0 Å². The third kappa shape index (κ3) is 9.93. The van der Waals surface area contributed by atoms with E-state index in [0.29, 0.717) is 0 Å². The maximum atomic E-state index is 4.65. The summed E-state index contributed by atoms with van der Waals surface area (Å²) in [6.45, 7) is 2.26. The Labute approximate surface area is 190 Å². The molecular formula is C28H43N3. The molecule has 3 heteroatoms. The highest BCUT2D eigenvalue weighted by molar-refractivity contribution is 5.56. The largest absolute Gasteiger partial charge is 0.261 e. The van der Waals surface area contributed by atoms with E-state index in [1.165, 1.54) is 102 Å². The fourth-order valence-electron chi connectivity index (χ4n) is 4.30. The average Bonchev–Trinajstić information content (AvgIpc) is 3.63. The summed E-state index contributed by atoms with van der Waals surface area (Å²) in [5, 5.41) is 0. The van der Waals surface area contributed by atoms with Gasteiger partial charge in [0.2, 0.25) is 0 Å². The van der Waals surface area contributed by atoms with Gasteiger partial charge in [-0.15, -0.1) is 0 Å². The number of unbranched alkanes of at least 4 members (excludes halogenated alkanes) is 10. The Bertz CT molecular complexity index is 704. The molecule has 1 aliphatic rings. The number of pyridine rings is 1. The SMILES string of the molecule is CCCCCCCc1ccc(-c2cnc(CCCCCCCCCC3CC3)cn2)cn1. The number of aromatic nitrogens is 3. The summed E-state index contributed by atoms with van der Waals surface area (Å²) >= 11 is 0. The first-order chi connectivity index (χ1) is 15.3. The summed E-state index contributed by atoms with van der Waals surface area (Å²) in [7, 11) is 0. The number of nitrogens with zero attached hydrogens (tertiary/aromatic N) is 3. The van der Waals surface area contributed by atoms with Crippen molar-refractivity contribution < 1.29 is 0 Å². The van der Waals surface area contributed by atoms with Gasteiger partial charge in [0.25, 0.3) is 0 Å². The van der Waals surface area contributed by atoms with Gasteiger partial charge in [0.15, 0.2) is 0 Å². The maximum absolute atomic E-state index is 4.65. The second kappa shape index (κ2) is 14.3. The minimum Gasteiger partial charge on any atom is -0.261 e. The molecule has 0 spiro atoms. The molecule has 1 aliphatic carbocycles. The summed E-state index contributed by atoms with van der Waals surface area (Å²) in [6, 6.07) is 4.29. The minimum absolute atomic E-state index is 0.928. The van der Waals surface area contributed by atoms with E-state index < -0.39 is 0 Å². The highest BCUT2D eigenvalue weighted by atomic mass is 14.8. The summed E-state index contributed by atoms with van der Waals surface area (Å²) in [5.41, 5.74) is 4.30. The van der Waals surface area contributed by atoms with Crippen molar-refractivity contribution in [1.82, 2.24) is 15.0 Å². The van der Waals surface area contributed by atoms with Gasteiger partial charge in [0.05, 0.1) is 17.6 Å². The van der Waals surface area contributed by atoms with E-state index in [1.807, 2.05) is 18.6 Å². The molecular weight excluding hydrogens is 378 g/mol.